The van der Waals surface area contributed by atoms with Crippen LogP contribution in [-0.4, -0.2) is 37.0 Å². The summed E-state index contributed by atoms with van der Waals surface area (Å²) in [6, 6.07) is 7.14. The number of piperidine rings is 1. The molecule has 0 bridgehead atoms. The molecule has 1 aromatic carbocycles. The van der Waals surface area contributed by atoms with Crippen LogP contribution in [0, 0.1) is 0 Å². The van der Waals surface area contributed by atoms with Crippen LogP contribution < -0.4 is 0 Å². The van der Waals surface area contributed by atoms with Crippen molar-refractivity contribution in [3.05, 3.63) is 29.8 Å². The lowest BCUT2D eigenvalue weighted by atomic mass is 9.99. The van der Waals surface area contributed by atoms with Gasteiger partial charge in [0.2, 0.25) is 10.0 Å². The van der Waals surface area contributed by atoms with E-state index in [0.717, 1.165) is 12.0 Å². The summed E-state index contributed by atoms with van der Waals surface area (Å²) < 4.78 is 26.4. The van der Waals surface area contributed by atoms with Crippen molar-refractivity contribution in [2.75, 3.05) is 13.1 Å². The minimum Gasteiger partial charge on any atom is -0.392 e. The summed E-state index contributed by atoms with van der Waals surface area (Å²) >= 11 is 0. The predicted molar refractivity (Wildman–Crippen MR) is 79.1 cm³/mol. The molecule has 1 aromatic rings. The Hall–Kier alpha value is -0.910. The van der Waals surface area contributed by atoms with E-state index < -0.39 is 16.1 Å². The van der Waals surface area contributed by atoms with Gasteiger partial charge in [0.15, 0.2) is 0 Å². The molecule has 2 atom stereocenters. The number of hydrogen-bond donors (Lipinski definition) is 1. The highest BCUT2D eigenvalue weighted by Crippen LogP contribution is 2.24. The summed E-state index contributed by atoms with van der Waals surface area (Å²) in [6.45, 7) is 4.94. The molecule has 0 amide bonds. The topological polar surface area (TPSA) is 57.6 Å². The van der Waals surface area contributed by atoms with E-state index in [1.54, 1.807) is 12.1 Å². The summed E-state index contributed by atoms with van der Waals surface area (Å²) in [7, 11) is -3.47. The first-order valence-corrected chi connectivity index (χ1v) is 8.67. The van der Waals surface area contributed by atoms with Crippen molar-refractivity contribution in [2.24, 2.45) is 0 Å². The zero-order chi connectivity index (χ0) is 14.8. The van der Waals surface area contributed by atoms with E-state index in [1.165, 1.54) is 4.31 Å². The normalized spacial score (nSPS) is 22.6. The maximum absolute atomic E-state index is 12.5. The lowest BCUT2D eigenvalue weighted by Crippen LogP contribution is -2.42. The molecule has 0 spiro atoms. The standard InChI is InChI=1S/C15H23NO3S/c1-3-12(2)13-6-8-15(9-7-13)20(18,19)16-10-4-5-14(17)11-16/h6-9,12,14,17H,3-5,10-11H2,1-2H3/t12?,14-/m0/s1. The van der Waals surface area contributed by atoms with E-state index in [1.807, 2.05) is 12.1 Å². The van der Waals surface area contributed by atoms with Gasteiger partial charge in [-0.2, -0.15) is 4.31 Å². The average Bonchev–Trinajstić information content (AvgIpc) is 2.46. The molecule has 4 nitrogen and oxygen atoms in total. The molecule has 1 aliphatic rings. The van der Waals surface area contributed by atoms with Gasteiger partial charge in [0.25, 0.3) is 0 Å². The SMILES string of the molecule is CCC(C)c1ccc(S(=O)(=O)N2CCC[C@H](O)C2)cc1. The van der Waals surface area contributed by atoms with Crippen molar-refractivity contribution >= 4 is 10.0 Å². The van der Waals surface area contributed by atoms with E-state index in [-0.39, 0.29) is 6.54 Å². The van der Waals surface area contributed by atoms with Gasteiger partial charge in [0.1, 0.15) is 0 Å². The molecule has 1 fully saturated rings. The van der Waals surface area contributed by atoms with Crippen molar-refractivity contribution in [3.8, 4) is 0 Å². The van der Waals surface area contributed by atoms with Crippen molar-refractivity contribution in [2.45, 2.75) is 50.0 Å². The van der Waals surface area contributed by atoms with Gasteiger partial charge in [-0.25, -0.2) is 8.42 Å². The van der Waals surface area contributed by atoms with Gasteiger partial charge in [-0.3, -0.25) is 0 Å². The molecule has 20 heavy (non-hydrogen) atoms. The molecule has 1 N–H and O–H groups in total. The van der Waals surface area contributed by atoms with Gasteiger partial charge in [0.05, 0.1) is 11.0 Å². The third-order valence-corrected chi connectivity index (χ3v) is 5.94. The van der Waals surface area contributed by atoms with E-state index in [9.17, 15) is 13.5 Å². The Kier molecular flexibility index (Phi) is 4.83. The zero-order valence-corrected chi connectivity index (χ0v) is 12.9. The van der Waals surface area contributed by atoms with Crippen molar-refractivity contribution < 1.29 is 13.5 Å². The highest BCUT2D eigenvalue weighted by atomic mass is 32.2. The van der Waals surface area contributed by atoms with Crippen LogP contribution in [0.4, 0.5) is 0 Å². The Morgan fingerprint density at radius 3 is 2.55 bits per heavy atom. The fourth-order valence-electron chi connectivity index (χ4n) is 2.49. The highest BCUT2D eigenvalue weighted by molar-refractivity contribution is 7.89. The van der Waals surface area contributed by atoms with E-state index in [2.05, 4.69) is 13.8 Å². The number of β-amino-alcohol motifs (C(OH)–C–C–N with tert-alkyl or cyclic N) is 1. The first kappa shape index (κ1) is 15.5. The molecule has 5 heteroatoms. The number of benzene rings is 1. The summed E-state index contributed by atoms with van der Waals surface area (Å²) in [5, 5.41) is 9.63. The van der Waals surface area contributed by atoms with E-state index >= 15 is 0 Å². The molecule has 2 rings (SSSR count). The Labute approximate surface area is 121 Å². The maximum Gasteiger partial charge on any atom is 0.243 e. The molecule has 1 aliphatic heterocycles. The summed E-state index contributed by atoms with van der Waals surface area (Å²) in [4.78, 5) is 0.318. The number of hydrogen-bond acceptors (Lipinski definition) is 3. The fraction of sp³-hybridized carbons (Fsp3) is 0.600. The van der Waals surface area contributed by atoms with Crippen LogP contribution in [0.1, 0.15) is 44.6 Å². The predicted octanol–water partition coefficient (Wildman–Crippen LogP) is 2.35. The number of sulfonamides is 1. The molecule has 1 heterocycles. The van der Waals surface area contributed by atoms with Gasteiger partial charge in [-0.1, -0.05) is 26.0 Å². The largest absolute Gasteiger partial charge is 0.392 e. The number of aliphatic hydroxyl groups excluding tert-OH is 1. The molecule has 1 unspecified atom stereocenters. The van der Waals surface area contributed by atoms with Crippen molar-refractivity contribution in [1.82, 2.24) is 4.31 Å². The molecule has 1 saturated heterocycles. The smallest absolute Gasteiger partial charge is 0.243 e. The Bertz CT molecular complexity index is 539. The fourth-order valence-corrected chi connectivity index (χ4v) is 4.01. The third kappa shape index (κ3) is 3.22. The van der Waals surface area contributed by atoms with Gasteiger partial charge >= 0.3 is 0 Å². The molecule has 0 aromatic heterocycles. The highest BCUT2D eigenvalue weighted by Gasteiger charge is 2.29. The quantitative estimate of drug-likeness (QED) is 0.928. The van der Waals surface area contributed by atoms with Crippen LogP contribution in [0.3, 0.4) is 0 Å². The van der Waals surface area contributed by atoms with Crippen LogP contribution in [0.2, 0.25) is 0 Å². The molecular formula is C15H23NO3S. The maximum atomic E-state index is 12.5. The Balaban J connectivity index is 2.21. The van der Waals surface area contributed by atoms with Crippen molar-refractivity contribution in [1.29, 1.82) is 0 Å². The Morgan fingerprint density at radius 1 is 1.35 bits per heavy atom. The molecule has 0 aliphatic carbocycles. The monoisotopic (exact) mass is 297 g/mol. The van der Waals surface area contributed by atoms with Gasteiger partial charge in [-0.15, -0.1) is 0 Å². The van der Waals surface area contributed by atoms with Crippen LogP contribution >= 0.6 is 0 Å². The molecule has 0 radical (unpaired) electrons. The first-order chi connectivity index (χ1) is 9.45. The minimum atomic E-state index is -3.47. The second kappa shape index (κ2) is 6.24. The van der Waals surface area contributed by atoms with E-state index in [0.29, 0.717) is 30.2 Å². The average molecular weight is 297 g/mol. The lowest BCUT2D eigenvalue weighted by Gasteiger charge is -2.29. The minimum absolute atomic E-state index is 0.204. The summed E-state index contributed by atoms with van der Waals surface area (Å²) in [5.41, 5.74) is 1.16. The van der Waals surface area contributed by atoms with Crippen LogP contribution in [0.25, 0.3) is 0 Å². The van der Waals surface area contributed by atoms with Crippen LogP contribution in [0.15, 0.2) is 29.2 Å². The molecular weight excluding hydrogens is 274 g/mol. The summed E-state index contributed by atoms with van der Waals surface area (Å²) in [5.74, 6) is 0.434. The molecule has 0 saturated carbocycles. The second-order valence-corrected chi connectivity index (χ2v) is 7.48. The molecule has 112 valence electrons. The Morgan fingerprint density at radius 2 is 2.00 bits per heavy atom. The third-order valence-electron chi connectivity index (χ3n) is 4.06. The van der Waals surface area contributed by atoms with Crippen molar-refractivity contribution in [3.63, 3.8) is 0 Å². The van der Waals surface area contributed by atoms with Gasteiger partial charge in [-0.05, 0) is 42.9 Å². The van der Waals surface area contributed by atoms with Crippen LogP contribution in [-0.2, 0) is 10.0 Å². The number of rotatable bonds is 4. The van der Waals surface area contributed by atoms with Gasteiger partial charge < -0.3 is 5.11 Å². The summed E-state index contributed by atoms with van der Waals surface area (Å²) in [6.07, 6.45) is 1.88. The first-order valence-electron chi connectivity index (χ1n) is 7.23. The van der Waals surface area contributed by atoms with Gasteiger partial charge in [0, 0.05) is 13.1 Å². The lowest BCUT2D eigenvalue weighted by molar-refractivity contribution is 0.108. The second-order valence-electron chi connectivity index (χ2n) is 5.54. The van der Waals surface area contributed by atoms with Crippen LogP contribution in [0.5, 0.6) is 0 Å². The zero-order valence-electron chi connectivity index (χ0n) is 12.1. The number of nitrogens with zero attached hydrogens (tertiary/aromatic N) is 1. The van der Waals surface area contributed by atoms with E-state index in [4.69, 9.17) is 0 Å². The number of aliphatic hydroxyl groups is 1.